The molecule has 1 rings (SSSR count). The molecule has 7 N–H and O–H groups in total. The number of hydrogen-bond donors (Lipinski definition) is 6. The third-order valence-corrected chi connectivity index (χ3v) is 3.02. The first-order valence-electron chi connectivity index (χ1n) is 5.35. The van der Waals surface area contributed by atoms with Gasteiger partial charge in [-0.25, -0.2) is 9.99 Å². The van der Waals surface area contributed by atoms with Gasteiger partial charge in [-0.05, 0) is 24.6 Å². The van der Waals surface area contributed by atoms with Gasteiger partial charge >= 0.3 is 13.8 Å². The molecule has 1 aromatic carbocycles. The summed E-state index contributed by atoms with van der Waals surface area (Å²) in [6, 6.07) is 3.63. The second kappa shape index (κ2) is 5.78. The molecule has 0 unspecified atom stereocenters. The van der Waals surface area contributed by atoms with Crippen molar-refractivity contribution in [3.63, 3.8) is 0 Å². The number of phosphoric acid groups is 1. The van der Waals surface area contributed by atoms with Gasteiger partial charge in [-0.3, -0.25) is 20.4 Å². The van der Waals surface area contributed by atoms with E-state index in [0.29, 0.717) is 5.56 Å². The number of hydrazine groups is 1. The second-order valence-electron chi connectivity index (χ2n) is 4.34. The maximum absolute atomic E-state index is 11.1. The zero-order valence-corrected chi connectivity index (χ0v) is 11.4. The minimum atomic E-state index is -4.78. The number of phosphoric ester groups is 1. The molecule has 20 heavy (non-hydrogen) atoms. The first-order valence-corrected chi connectivity index (χ1v) is 6.88. The molecule has 0 saturated carbocycles. The van der Waals surface area contributed by atoms with Gasteiger partial charge in [0.2, 0.25) is 0 Å². The Hall–Kier alpha value is -1.64. The van der Waals surface area contributed by atoms with Gasteiger partial charge < -0.3 is 14.7 Å². The van der Waals surface area contributed by atoms with Crippen LogP contribution in [0, 0.1) is 0 Å². The summed E-state index contributed by atoms with van der Waals surface area (Å²) in [5, 5.41) is 18.6. The zero-order chi connectivity index (χ0) is 15.6. The summed E-state index contributed by atoms with van der Waals surface area (Å²) in [7, 11) is -4.78. The first kappa shape index (κ1) is 16.4. The van der Waals surface area contributed by atoms with E-state index in [1.165, 1.54) is 13.0 Å². The van der Waals surface area contributed by atoms with Crippen molar-refractivity contribution in [3.8, 4) is 11.5 Å². The van der Waals surface area contributed by atoms with Gasteiger partial charge in [0.25, 0.3) is 0 Å². The van der Waals surface area contributed by atoms with Crippen molar-refractivity contribution in [2.24, 2.45) is 5.84 Å². The number of rotatable bonds is 6. The lowest BCUT2D eigenvalue weighted by Crippen LogP contribution is -2.54. The Labute approximate surface area is 114 Å². The number of carboxylic acid groups (broad SMARTS) is 1. The Balaban J connectivity index is 2.98. The summed E-state index contributed by atoms with van der Waals surface area (Å²) in [5.41, 5.74) is 1.11. The molecule has 0 heterocycles. The van der Waals surface area contributed by atoms with E-state index in [1.807, 2.05) is 0 Å². The summed E-state index contributed by atoms with van der Waals surface area (Å²) in [6.45, 7) is 1.35. The van der Waals surface area contributed by atoms with Crippen molar-refractivity contribution in [1.82, 2.24) is 5.43 Å². The van der Waals surface area contributed by atoms with E-state index in [0.717, 1.165) is 12.1 Å². The quantitative estimate of drug-likeness (QED) is 0.235. The highest BCUT2D eigenvalue weighted by Crippen LogP contribution is 2.41. The van der Waals surface area contributed by atoms with Crippen molar-refractivity contribution < 1.29 is 33.9 Å². The Morgan fingerprint density at radius 3 is 2.50 bits per heavy atom. The average Bonchev–Trinajstić information content (AvgIpc) is 2.31. The highest BCUT2D eigenvalue weighted by molar-refractivity contribution is 7.46. The number of phenolic OH excluding ortho intramolecular Hbond substituents is 1. The van der Waals surface area contributed by atoms with Crippen LogP contribution in [0.3, 0.4) is 0 Å². The first-order chi connectivity index (χ1) is 9.07. The molecule has 0 fully saturated rings. The number of phenols is 1. The predicted molar refractivity (Wildman–Crippen MR) is 67.8 cm³/mol. The van der Waals surface area contributed by atoms with E-state index < -0.39 is 30.8 Å². The van der Waals surface area contributed by atoms with Crippen LogP contribution >= 0.6 is 7.82 Å². The Morgan fingerprint density at radius 2 is 2.10 bits per heavy atom. The van der Waals surface area contributed by atoms with E-state index in [1.54, 1.807) is 0 Å². The minimum Gasteiger partial charge on any atom is -0.504 e. The number of benzene rings is 1. The molecule has 0 spiro atoms. The number of aliphatic carboxylic acids is 1. The molecule has 0 aromatic heterocycles. The Bertz CT molecular complexity index is 559. The molecule has 0 aliphatic rings. The summed E-state index contributed by atoms with van der Waals surface area (Å²) in [5.74, 6) is 3.08. The third-order valence-electron chi connectivity index (χ3n) is 2.59. The molecule has 112 valence electrons. The van der Waals surface area contributed by atoms with Gasteiger partial charge in [0.05, 0.1) is 0 Å². The van der Waals surface area contributed by atoms with Crippen LogP contribution in [-0.2, 0) is 15.8 Å². The van der Waals surface area contributed by atoms with Gasteiger partial charge in [0.15, 0.2) is 11.5 Å². The molecule has 0 aliphatic heterocycles. The smallest absolute Gasteiger partial charge is 0.504 e. The van der Waals surface area contributed by atoms with E-state index in [9.17, 15) is 14.5 Å². The van der Waals surface area contributed by atoms with Gasteiger partial charge in [-0.1, -0.05) is 6.07 Å². The van der Waals surface area contributed by atoms with Crippen LogP contribution in [0.15, 0.2) is 18.2 Å². The van der Waals surface area contributed by atoms with Crippen LogP contribution in [0.25, 0.3) is 0 Å². The van der Waals surface area contributed by atoms with Gasteiger partial charge in [-0.2, -0.15) is 0 Å². The fourth-order valence-electron chi connectivity index (χ4n) is 1.47. The van der Waals surface area contributed by atoms with Crippen LogP contribution in [0.1, 0.15) is 12.5 Å². The molecule has 9 nitrogen and oxygen atoms in total. The Kier molecular flexibility index (Phi) is 4.74. The molecule has 1 aromatic rings. The predicted octanol–water partition coefficient (Wildman–Crippen LogP) is -0.287. The van der Waals surface area contributed by atoms with Crippen LogP contribution in [0.4, 0.5) is 0 Å². The van der Waals surface area contributed by atoms with Crippen LogP contribution in [0.5, 0.6) is 11.5 Å². The topological polar surface area (TPSA) is 162 Å². The molecule has 0 amide bonds. The second-order valence-corrected chi connectivity index (χ2v) is 5.51. The molecule has 0 bridgehead atoms. The van der Waals surface area contributed by atoms with Crippen LogP contribution < -0.4 is 15.8 Å². The molecule has 0 aliphatic carbocycles. The number of carboxylic acids is 1. The van der Waals surface area contributed by atoms with Crippen molar-refractivity contribution in [2.75, 3.05) is 0 Å². The molecular formula is C10H15N2O7P. The number of hydrogen-bond acceptors (Lipinski definition) is 6. The number of nitrogens with one attached hydrogen (secondary N) is 1. The monoisotopic (exact) mass is 306 g/mol. The molecule has 1 atom stereocenters. The van der Waals surface area contributed by atoms with Crippen molar-refractivity contribution in [2.45, 2.75) is 18.9 Å². The summed E-state index contributed by atoms with van der Waals surface area (Å²) in [6.07, 6.45) is -0.0530. The van der Waals surface area contributed by atoms with Gasteiger partial charge in [-0.15, -0.1) is 0 Å². The van der Waals surface area contributed by atoms with E-state index >= 15 is 0 Å². The summed E-state index contributed by atoms with van der Waals surface area (Å²) >= 11 is 0. The molecule has 10 heteroatoms. The lowest BCUT2D eigenvalue weighted by atomic mass is 9.93. The van der Waals surface area contributed by atoms with Gasteiger partial charge in [0, 0.05) is 6.42 Å². The van der Waals surface area contributed by atoms with E-state index in [4.69, 9.17) is 20.7 Å². The minimum absolute atomic E-state index is 0.0530. The Morgan fingerprint density at radius 1 is 1.50 bits per heavy atom. The lowest BCUT2D eigenvalue weighted by Gasteiger charge is -2.23. The van der Waals surface area contributed by atoms with Crippen molar-refractivity contribution in [1.29, 1.82) is 0 Å². The molecular weight excluding hydrogens is 291 g/mol. The lowest BCUT2D eigenvalue weighted by molar-refractivity contribution is -0.144. The number of aromatic hydroxyl groups is 1. The van der Waals surface area contributed by atoms with Crippen LogP contribution in [0.2, 0.25) is 0 Å². The van der Waals surface area contributed by atoms with Crippen molar-refractivity contribution in [3.05, 3.63) is 23.8 Å². The number of carbonyl (C=O) groups is 1. The van der Waals surface area contributed by atoms with Crippen molar-refractivity contribution >= 4 is 13.8 Å². The number of nitrogens with two attached hydrogens (primary N) is 1. The highest BCUT2D eigenvalue weighted by Gasteiger charge is 2.32. The van der Waals surface area contributed by atoms with Crippen LogP contribution in [-0.4, -0.2) is 31.5 Å². The zero-order valence-electron chi connectivity index (χ0n) is 10.5. The van der Waals surface area contributed by atoms with E-state index in [2.05, 4.69) is 9.95 Å². The normalized spacial score (nSPS) is 14.6. The fraction of sp³-hybridized carbons (Fsp3) is 0.300. The standard InChI is InChI=1S/C10H15N2O7P/c1-10(12-11,9(14)15)5-6-2-3-8(7(13)4-6)19-20(16,17)18/h2-4,12-13H,5,11H2,1H3,(H,14,15)(H2,16,17,18)/t10-/m0/s1. The highest BCUT2D eigenvalue weighted by atomic mass is 31.2. The maximum atomic E-state index is 11.1. The molecule has 0 saturated heterocycles. The summed E-state index contributed by atoms with van der Waals surface area (Å²) in [4.78, 5) is 28.3. The SMILES string of the molecule is C[C@@](Cc1ccc(OP(=O)(O)O)c(O)c1)(NN)C(=O)O. The third kappa shape index (κ3) is 4.19. The molecule has 0 radical (unpaired) electrons. The fourth-order valence-corrected chi connectivity index (χ4v) is 1.89. The maximum Gasteiger partial charge on any atom is 0.524 e. The van der Waals surface area contributed by atoms with E-state index in [-0.39, 0.29) is 6.42 Å². The summed E-state index contributed by atoms with van der Waals surface area (Å²) < 4.78 is 14.9. The van der Waals surface area contributed by atoms with Gasteiger partial charge in [0.1, 0.15) is 5.54 Å². The average molecular weight is 306 g/mol. The largest absolute Gasteiger partial charge is 0.524 e.